The molecule has 0 spiro atoms. The minimum Gasteiger partial charge on any atom is -0.0622 e. The summed E-state index contributed by atoms with van der Waals surface area (Å²) in [7, 11) is 0. The van der Waals surface area contributed by atoms with E-state index in [1.165, 1.54) is 11.1 Å². The van der Waals surface area contributed by atoms with Gasteiger partial charge in [-0.15, -0.1) is 0 Å². The Morgan fingerprint density at radius 2 is 1.20 bits per heavy atom. The van der Waals surface area contributed by atoms with E-state index in [2.05, 4.69) is 52.3 Å². The predicted octanol–water partition coefficient (Wildman–Crippen LogP) is 4.62. The molecule has 0 saturated carbocycles. The average Bonchev–Trinajstić information content (AvgIpc) is 2.30. The van der Waals surface area contributed by atoms with E-state index in [-0.39, 0.29) is 0 Å². The van der Waals surface area contributed by atoms with Crippen LogP contribution in [0.2, 0.25) is 0 Å². The van der Waals surface area contributed by atoms with Gasteiger partial charge >= 0.3 is 0 Å². The van der Waals surface area contributed by atoms with E-state index in [0.717, 1.165) is 4.47 Å². The highest BCUT2D eigenvalue weighted by Crippen LogP contribution is 2.13. The largest absolute Gasteiger partial charge is 0.0622 e. The number of halogens is 1. The third-order valence-corrected chi connectivity index (χ3v) is 2.67. The van der Waals surface area contributed by atoms with Crippen LogP contribution in [0.4, 0.5) is 0 Å². The summed E-state index contributed by atoms with van der Waals surface area (Å²) < 4.78 is 1.11. The predicted molar refractivity (Wildman–Crippen MR) is 69.5 cm³/mol. The van der Waals surface area contributed by atoms with Gasteiger partial charge in [-0.3, -0.25) is 0 Å². The van der Waals surface area contributed by atoms with Crippen molar-refractivity contribution in [2.45, 2.75) is 0 Å². The first-order valence-electron chi connectivity index (χ1n) is 4.83. The quantitative estimate of drug-likeness (QED) is 0.690. The molecule has 0 bridgehead atoms. The molecule has 0 aromatic heterocycles. The Morgan fingerprint density at radius 3 is 1.80 bits per heavy atom. The average molecular weight is 259 g/mol. The summed E-state index contributed by atoms with van der Waals surface area (Å²) in [5.74, 6) is 0. The summed E-state index contributed by atoms with van der Waals surface area (Å²) in [6, 6.07) is 18.6. The molecule has 15 heavy (non-hydrogen) atoms. The summed E-state index contributed by atoms with van der Waals surface area (Å²) in [6.07, 6.45) is 4.23. The van der Waals surface area contributed by atoms with Gasteiger partial charge in [-0.25, -0.2) is 0 Å². The van der Waals surface area contributed by atoms with Gasteiger partial charge in [0.25, 0.3) is 0 Å². The highest BCUT2D eigenvalue weighted by atomic mass is 79.9. The summed E-state index contributed by atoms with van der Waals surface area (Å²) in [6.45, 7) is 0. The molecule has 0 heterocycles. The Bertz CT molecular complexity index is 441. The second kappa shape index (κ2) is 4.94. The van der Waals surface area contributed by atoms with Gasteiger partial charge in [0, 0.05) is 4.47 Å². The van der Waals surface area contributed by atoms with Crippen LogP contribution in [0, 0.1) is 0 Å². The Hall–Kier alpha value is -1.34. The van der Waals surface area contributed by atoms with Crippen LogP contribution in [-0.2, 0) is 0 Å². The Labute approximate surface area is 98.4 Å². The molecule has 0 aliphatic carbocycles. The monoisotopic (exact) mass is 258 g/mol. The van der Waals surface area contributed by atoms with Crippen LogP contribution < -0.4 is 0 Å². The van der Waals surface area contributed by atoms with Crippen molar-refractivity contribution in [3.8, 4) is 0 Å². The van der Waals surface area contributed by atoms with Gasteiger partial charge in [-0.1, -0.05) is 70.5 Å². The molecule has 0 atom stereocenters. The molecular formula is C14H11Br. The van der Waals surface area contributed by atoms with Crippen molar-refractivity contribution in [2.24, 2.45) is 0 Å². The van der Waals surface area contributed by atoms with E-state index in [1.807, 2.05) is 30.3 Å². The molecule has 0 nitrogen and oxygen atoms in total. The maximum Gasteiger partial charge on any atom is 0.0175 e. The molecule has 1 heteroatoms. The molecule has 0 unspecified atom stereocenters. The first kappa shape index (κ1) is 10.2. The fourth-order valence-corrected chi connectivity index (χ4v) is 1.59. The lowest BCUT2D eigenvalue weighted by atomic mass is 10.1. The molecule has 74 valence electrons. The van der Waals surface area contributed by atoms with Gasteiger partial charge in [0.15, 0.2) is 0 Å². The molecule has 0 radical (unpaired) electrons. The second-order valence-electron chi connectivity index (χ2n) is 3.30. The van der Waals surface area contributed by atoms with Crippen molar-refractivity contribution < 1.29 is 0 Å². The van der Waals surface area contributed by atoms with E-state index in [4.69, 9.17) is 0 Å². The van der Waals surface area contributed by atoms with Gasteiger partial charge in [-0.05, 0) is 23.3 Å². The SMILES string of the molecule is Brc1ccc(C=Cc2ccccc2)cc1. The summed E-state index contributed by atoms with van der Waals surface area (Å²) in [4.78, 5) is 0. The molecule has 2 aromatic carbocycles. The summed E-state index contributed by atoms with van der Waals surface area (Å²) in [5.41, 5.74) is 2.43. The maximum absolute atomic E-state index is 3.42. The second-order valence-corrected chi connectivity index (χ2v) is 4.21. The van der Waals surface area contributed by atoms with Crippen LogP contribution in [0.15, 0.2) is 59.1 Å². The van der Waals surface area contributed by atoms with Crippen LogP contribution in [0.25, 0.3) is 12.2 Å². The molecule has 0 N–H and O–H groups in total. The topological polar surface area (TPSA) is 0 Å². The van der Waals surface area contributed by atoms with Gasteiger partial charge in [0.2, 0.25) is 0 Å². The van der Waals surface area contributed by atoms with E-state index in [1.54, 1.807) is 0 Å². The lowest BCUT2D eigenvalue weighted by molar-refractivity contribution is 1.61. The molecule has 0 fully saturated rings. The van der Waals surface area contributed by atoms with Crippen molar-refractivity contribution in [1.82, 2.24) is 0 Å². The van der Waals surface area contributed by atoms with Crippen molar-refractivity contribution in [1.29, 1.82) is 0 Å². The number of benzene rings is 2. The smallest absolute Gasteiger partial charge is 0.0175 e. The maximum atomic E-state index is 3.42. The van der Waals surface area contributed by atoms with Crippen molar-refractivity contribution in [2.75, 3.05) is 0 Å². The van der Waals surface area contributed by atoms with Crippen LogP contribution >= 0.6 is 15.9 Å². The van der Waals surface area contributed by atoms with Crippen LogP contribution in [0.1, 0.15) is 11.1 Å². The first-order valence-corrected chi connectivity index (χ1v) is 5.62. The van der Waals surface area contributed by atoms with Gasteiger partial charge in [-0.2, -0.15) is 0 Å². The highest BCUT2D eigenvalue weighted by molar-refractivity contribution is 9.10. The van der Waals surface area contributed by atoms with Crippen molar-refractivity contribution in [3.63, 3.8) is 0 Å². The van der Waals surface area contributed by atoms with E-state index >= 15 is 0 Å². The third-order valence-electron chi connectivity index (χ3n) is 2.14. The zero-order chi connectivity index (χ0) is 10.5. The first-order chi connectivity index (χ1) is 7.34. The Morgan fingerprint density at radius 1 is 0.667 bits per heavy atom. The van der Waals surface area contributed by atoms with Crippen LogP contribution in [-0.4, -0.2) is 0 Å². The molecule has 2 rings (SSSR count). The third kappa shape index (κ3) is 3.07. The van der Waals surface area contributed by atoms with Crippen LogP contribution in [0.5, 0.6) is 0 Å². The molecular weight excluding hydrogens is 248 g/mol. The fraction of sp³-hybridized carbons (Fsp3) is 0. The van der Waals surface area contributed by atoms with E-state index < -0.39 is 0 Å². The molecule has 0 aliphatic heterocycles. The standard InChI is InChI=1S/C14H11Br/c15-14-10-8-13(9-11-14)7-6-12-4-2-1-3-5-12/h1-11H. The number of hydrogen-bond acceptors (Lipinski definition) is 0. The van der Waals surface area contributed by atoms with E-state index in [9.17, 15) is 0 Å². The number of hydrogen-bond donors (Lipinski definition) is 0. The molecule has 0 saturated heterocycles. The number of rotatable bonds is 2. The zero-order valence-corrected chi connectivity index (χ0v) is 9.81. The summed E-state index contributed by atoms with van der Waals surface area (Å²) >= 11 is 3.42. The normalized spacial score (nSPS) is 10.7. The molecule has 2 aromatic rings. The van der Waals surface area contributed by atoms with Gasteiger partial charge < -0.3 is 0 Å². The highest BCUT2D eigenvalue weighted by Gasteiger charge is 1.87. The Kier molecular flexibility index (Phi) is 3.36. The fourth-order valence-electron chi connectivity index (χ4n) is 1.33. The van der Waals surface area contributed by atoms with Gasteiger partial charge in [0.05, 0.1) is 0 Å². The van der Waals surface area contributed by atoms with Gasteiger partial charge in [0.1, 0.15) is 0 Å². The lowest BCUT2D eigenvalue weighted by Gasteiger charge is -1.94. The van der Waals surface area contributed by atoms with Crippen LogP contribution in [0.3, 0.4) is 0 Å². The zero-order valence-electron chi connectivity index (χ0n) is 8.23. The molecule has 0 aliphatic rings. The minimum atomic E-state index is 1.11. The molecule has 0 amide bonds. The van der Waals surface area contributed by atoms with E-state index in [0.29, 0.717) is 0 Å². The van der Waals surface area contributed by atoms with Crippen molar-refractivity contribution >= 4 is 28.1 Å². The summed E-state index contributed by atoms with van der Waals surface area (Å²) in [5, 5.41) is 0. The Balaban J connectivity index is 2.15. The minimum absolute atomic E-state index is 1.11. The van der Waals surface area contributed by atoms with Crippen molar-refractivity contribution in [3.05, 3.63) is 70.2 Å². The lowest BCUT2D eigenvalue weighted by Crippen LogP contribution is -1.72.